The van der Waals surface area contributed by atoms with Crippen molar-refractivity contribution in [3.8, 4) is 0 Å². The van der Waals surface area contributed by atoms with Gasteiger partial charge in [-0.05, 0) is 49.9 Å². The maximum atomic E-state index is 12.7. The molecular formula is C19H27ClN4O2. The number of amides is 1. The van der Waals surface area contributed by atoms with Crippen LogP contribution in [0.5, 0.6) is 0 Å². The van der Waals surface area contributed by atoms with Crippen LogP contribution in [0.15, 0.2) is 28.8 Å². The van der Waals surface area contributed by atoms with Crippen LogP contribution in [-0.4, -0.2) is 34.9 Å². The molecule has 142 valence electrons. The number of likely N-dealkylation sites (tertiary alicyclic amines) is 1. The molecule has 1 aliphatic heterocycles. The summed E-state index contributed by atoms with van der Waals surface area (Å²) in [5, 5.41) is 3.49. The van der Waals surface area contributed by atoms with E-state index < -0.39 is 0 Å². The first-order valence-electron chi connectivity index (χ1n) is 8.93. The zero-order valence-corrected chi connectivity index (χ0v) is 16.1. The first-order valence-corrected chi connectivity index (χ1v) is 8.93. The fourth-order valence-electron chi connectivity index (χ4n) is 3.30. The highest BCUT2D eigenvalue weighted by Gasteiger charge is 2.24. The number of halogens is 1. The van der Waals surface area contributed by atoms with Crippen LogP contribution in [0.4, 0.5) is 11.5 Å². The van der Waals surface area contributed by atoms with Gasteiger partial charge in [0.05, 0.1) is 11.9 Å². The molecule has 0 bridgehead atoms. The second kappa shape index (κ2) is 8.94. The van der Waals surface area contributed by atoms with Crippen LogP contribution in [0.3, 0.4) is 0 Å². The SMILES string of the molecule is CCc1oc(C(=O)N2CCCC(Nc3ccc(N)nc3)CC2)cc1C.Cl. The van der Waals surface area contributed by atoms with Gasteiger partial charge in [0.2, 0.25) is 0 Å². The number of hydrogen-bond donors (Lipinski definition) is 2. The molecule has 1 amide bonds. The molecule has 3 N–H and O–H groups in total. The second-order valence-corrected chi connectivity index (χ2v) is 6.61. The lowest BCUT2D eigenvalue weighted by atomic mass is 10.1. The quantitative estimate of drug-likeness (QED) is 0.848. The van der Waals surface area contributed by atoms with Gasteiger partial charge in [-0.3, -0.25) is 4.79 Å². The van der Waals surface area contributed by atoms with E-state index in [2.05, 4.69) is 10.3 Å². The number of carbonyl (C=O) groups is 1. The molecule has 6 nitrogen and oxygen atoms in total. The molecule has 26 heavy (non-hydrogen) atoms. The van der Waals surface area contributed by atoms with E-state index in [1.165, 1.54) is 0 Å². The van der Waals surface area contributed by atoms with Crippen molar-refractivity contribution in [1.82, 2.24) is 9.88 Å². The highest BCUT2D eigenvalue weighted by atomic mass is 35.5. The Bertz CT molecular complexity index is 730. The minimum atomic E-state index is -0.00222. The van der Waals surface area contributed by atoms with Crippen molar-refractivity contribution >= 4 is 29.8 Å². The van der Waals surface area contributed by atoms with Crippen LogP contribution in [0.1, 0.15) is 48.1 Å². The van der Waals surface area contributed by atoms with Crippen molar-refractivity contribution in [3.63, 3.8) is 0 Å². The Kier molecular flexibility index (Phi) is 6.91. The molecule has 3 rings (SSSR count). The van der Waals surface area contributed by atoms with Gasteiger partial charge in [-0.1, -0.05) is 6.92 Å². The van der Waals surface area contributed by atoms with Gasteiger partial charge < -0.3 is 20.4 Å². The Balaban J connectivity index is 0.00000243. The monoisotopic (exact) mass is 378 g/mol. The minimum Gasteiger partial charge on any atom is -0.456 e. The first-order chi connectivity index (χ1) is 12.1. The predicted octanol–water partition coefficient (Wildman–Crippen LogP) is 3.66. The standard InChI is InChI=1S/C19H26N4O2.ClH/c1-3-16-13(2)11-17(25-16)19(24)23-9-4-5-14(8-10-23)22-15-6-7-18(20)21-12-15;/h6-7,11-12,14,22H,3-5,8-10H2,1-2H3,(H2,20,21);1H. The lowest BCUT2D eigenvalue weighted by Gasteiger charge is -2.20. The topological polar surface area (TPSA) is 84.4 Å². The molecule has 0 spiro atoms. The van der Waals surface area contributed by atoms with Crippen molar-refractivity contribution in [1.29, 1.82) is 0 Å². The van der Waals surface area contributed by atoms with E-state index >= 15 is 0 Å². The number of nitrogens with two attached hydrogens (primary N) is 1. The Morgan fingerprint density at radius 3 is 2.85 bits per heavy atom. The molecule has 2 aromatic rings. The van der Waals surface area contributed by atoms with Crippen LogP contribution in [0.25, 0.3) is 0 Å². The highest BCUT2D eigenvalue weighted by Crippen LogP contribution is 2.21. The number of pyridine rings is 1. The van der Waals surface area contributed by atoms with Crippen LogP contribution in [0, 0.1) is 6.92 Å². The molecule has 1 saturated heterocycles. The maximum Gasteiger partial charge on any atom is 0.289 e. The van der Waals surface area contributed by atoms with Crippen molar-refractivity contribution in [3.05, 3.63) is 41.5 Å². The summed E-state index contributed by atoms with van der Waals surface area (Å²) in [5.41, 5.74) is 7.64. The second-order valence-electron chi connectivity index (χ2n) is 6.61. The summed E-state index contributed by atoms with van der Waals surface area (Å²) >= 11 is 0. The fourth-order valence-corrected chi connectivity index (χ4v) is 3.30. The third-order valence-corrected chi connectivity index (χ3v) is 4.72. The number of nitrogen functional groups attached to an aromatic ring is 1. The van der Waals surface area contributed by atoms with Gasteiger partial charge in [-0.2, -0.15) is 0 Å². The molecule has 1 atom stereocenters. The van der Waals surface area contributed by atoms with Crippen LogP contribution >= 0.6 is 12.4 Å². The van der Waals surface area contributed by atoms with Crippen LogP contribution in [0.2, 0.25) is 0 Å². The van der Waals surface area contributed by atoms with Gasteiger partial charge >= 0.3 is 0 Å². The molecule has 0 aliphatic carbocycles. The van der Waals surface area contributed by atoms with Gasteiger partial charge in [0.1, 0.15) is 11.6 Å². The van der Waals surface area contributed by atoms with E-state index in [4.69, 9.17) is 10.2 Å². The smallest absolute Gasteiger partial charge is 0.289 e. The van der Waals surface area contributed by atoms with Crippen molar-refractivity contribution in [2.24, 2.45) is 0 Å². The largest absolute Gasteiger partial charge is 0.456 e. The molecule has 2 aromatic heterocycles. The number of carbonyl (C=O) groups excluding carboxylic acids is 1. The molecule has 3 heterocycles. The molecule has 7 heteroatoms. The number of aromatic nitrogens is 1. The van der Waals surface area contributed by atoms with Crippen molar-refractivity contribution in [2.75, 3.05) is 24.1 Å². The average molecular weight is 379 g/mol. The third kappa shape index (κ3) is 4.69. The predicted molar refractivity (Wildman–Crippen MR) is 106 cm³/mol. The van der Waals surface area contributed by atoms with Gasteiger partial charge in [0.15, 0.2) is 5.76 Å². The summed E-state index contributed by atoms with van der Waals surface area (Å²) in [5.74, 6) is 1.87. The summed E-state index contributed by atoms with van der Waals surface area (Å²) in [4.78, 5) is 18.7. The molecule has 1 unspecified atom stereocenters. The van der Waals surface area contributed by atoms with E-state index in [9.17, 15) is 4.79 Å². The summed E-state index contributed by atoms with van der Waals surface area (Å²) in [7, 11) is 0. The Morgan fingerprint density at radius 2 is 2.19 bits per heavy atom. The zero-order valence-electron chi connectivity index (χ0n) is 15.3. The number of furan rings is 1. The number of hydrogen-bond acceptors (Lipinski definition) is 5. The van der Waals surface area contributed by atoms with E-state index in [1.54, 1.807) is 12.3 Å². The molecule has 1 fully saturated rings. The minimum absolute atomic E-state index is 0. The molecule has 0 saturated carbocycles. The summed E-state index contributed by atoms with van der Waals surface area (Å²) in [6.07, 6.45) is 5.44. The number of rotatable bonds is 4. The highest BCUT2D eigenvalue weighted by molar-refractivity contribution is 5.91. The number of aryl methyl sites for hydroxylation is 2. The normalized spacial score (nSPS) is 17.3. The molecule has 1 aliphatic rings. The number of anilines is 2. The first kappa shape index (κ1) is 20.1. The van der Waals surface area contributed by atoms with Gasteiger partial charge in [-0.25, -0.2) is 4.98 Å². The molecule has 0 radical (unpaired) electrons. The zero-order chi connectivity index (χ0) is 17.8. The number of nitrogens with one attached hydrogen (secondary N) is 1. The van der Waals surface area contributed by atoms with Gasteiger partial charge in [0, 0.05) is 25.6 Å². The van der Waals surface area contributed by atoms with Gasteiger partial charge in [-0.15, -0.1) is 12.4 Å². The Morgan fingerprint density at radius 1 is 1.38 bits per heavy atom. The van der Waals surface area contributed by atoms with E-state index in [1.807, 2.05) is 30.9 Å². The summed E-state index contributed by atoms with van der Waals surface area (Å²) in [6, 6.07) is 5.92. The van der Waals surface area contributed by atoms with Crippen molar-refractivity contribution in [2.45, 2.75) is 45.6 Å². The van der Waals surface area contributed by atoms with E-state index in [-0.39, 0.29) is 18.3 Å². The Hall–Kier alpha value is -2.21. The third-order valence-electron chi connectivity index (χ3n) is 4.72. The summed E-state index contributed by atoms with van der Waals surface area (Å²) < 4.78 is 5.73. The van der Waals surface area contributed by atoms with Crippen LogP contribution < -0.4 is 11.1 Å². The van der Waals surface area contributed by atoms with Crippen LogP contribution in [-0.2, 0) is 6.42 Å². The molecule has 0 aromatic carbocycles. The number of nitrogens with zero attached hydrogens (tertiary/aromatic N) is 2. The lowest BCUT2D eigenvalue weighted by molar-refractivity contribution is 0.0727. The molecular weight excluding hydrogens is 352 g/mol. The summed E-state index contributed by atoms with van der Waals surface area (Å²) in [6.45, 7) is 5.51. The maximum absolute atomic E-state index is 12.7. The van der Waals surface area contributed by atoms with E-state index in [0.29, 0.717) is 17.6 Å². The van der Waals surface area contributed by atoms with Crippen molar-refractivity contribution < 1.29 is 9.21 Å². The fraction of sp³-hybridized carbons (Fsp3) is 0.474. The Labute approximate surface area is 160 Å². The lowest BCUT2D eigenvalue weighted by Crippen LogP contribution is -2.32. The van der Waals surface area contributed by atoms with E-state index in [0.717, 1.165) is 55.8 Å². The average Bonchev–Trinajstić information content (AvgIpc) is 2.84. The van der Waals surface area contributed by atoms with Gasteiger partial charge in [0.25, 0.3) is 5.91 Å².